The molecule has 3 saturated heterocycles. The van der Waals surface area contributed by atoms with E-state index in [1.807, 2.05) is 86.1 Å². The number of rotatable bonds is 12. The van der Waals surface area contributed by atoms with Crippen LogP contribution in [-0.4, -0.2) is 129 Å². The third-order valence-electron chi connectivity index (χ3n) is 13.6. The smallest absolute Gasteiger partial charge is 0.410 e. The van der Waals surface area contributed by atoms with Gasteiger partial charge >= 0.3 is 12.1 Å². The number of unbranched alkanes of at least 4 members (excludes halogenated alkanes) is 1. The van der Waals surface area contributed by atoms with Crippen molar-refractivity contribution in [3.63, 3.8) is 0 Å². The monoisotopic (exact) mass is 856 g/mol. The summed E-state index contributed by atoms with van der Waals surface area (Å²) in [6, 6.07) is 7.08. The minimum absolute atomic E-state index is 0.0317. The SMILES string of the molecule is CC[C@H]1OC(=O)[C@H](C)[C@@H](O)[C@H](C)[C@@H](O[C@@H]2O[C@H](C)C[C@H](N(C)C)[C@@H]2C)[C@@](C)(OC)C[C@@H](C)C(=O)[C@H](C)[C@@H]2N(CCCCn3cc(-c4cccc(P=N)c4)nn3)C(=O)O[C@@]21C. The number of aliphatic hydroxyl groups is 1. The molecule has 3 aliphatic heterocycles. The number of amides is 1. The van der Waals surface area contributed by atoms with Crippen LogP contribution in [0.5, 0.6) is 0 Å². The molecule has 3 fully saturated rings. The number of ketones is 1. The first-order chi connectivity index (χ1) is 28.3. The molecule has 60 heavy (non-hydrogen) atoms. The summed E-state index contributed by atoms with van der Waals surface area (Å²) in [4.78, 5) is 46.6. The van der Waals surface area contributed by atoms with Crippen LogP contribution in [0.3, 0.4) is 0 Å². The van der Waals surface area contributed by atoms with Gasteiger partial charge in [-0.25, -0.2) is 4.79 Å². The quantitative estimate of drug-likeness (QED) is 0.138. The molecule has 0 radical (unpaired) electrons. The fraction of sp³-hybridized carbons (Fsp3) is 0.750. The average molecular weight is 857 g/mol. The lowest BCUT2D eigenvalue weighted by atomic mass is 9.73. The number of esters is 1. The Balaban J connectivity index is 1.42. The van der Waals surface area contributed by atoms with Crippen molar-refractivity contribution in [2.75, 3.05) is 27.7 Å². The molecule has 1 amide bonds. The van der Waals surface area contributed by atoms with Crippen molar-refractivity contribution < 1.29 is 43.2 Å². The van der Waals surface area contributed by atoms with E-state index in [-0.39, 0.29) is 30.3 Å². The molecule has 15 nitrogen and oxygen atoms in total. The van der Waals surface area contributed by atoms with E-state index in [2.05, 4.69) is 22.1 Å². The van der Waals surface area contributed by atoms with Crippen LogP contribution in [0.2, 0.25) is 0 Å². The van der Waals surface area contributed by atoms with E-state index >= 15 is 0 Å². The molecular formula is C44H69N6O9P. The van der Waals surface area contributed by atoms with Gasteiger partial charge in [-0.15, -0.1) is 5.10 Å². The molecule has 14 atom stereocenters. The molecular weight excluding hydrogens is 787 g/mol. The highest BCUT2D eigenvalue weighted by atomic mass is 31.1. The lowest BCUT2D eigenvalue weighted by Crippen LogP contribution is -2.59. The van der Waals surface area contributed by atoms with Crippen LogP contribution >= 0.6 is 8.37 Å². The van der Waals surface area contributed by atoms with Crippen LogP contribution in [-0.2, 0) is 39.8 Å². The zero-order valence-corrected chi connectivity index (χ0v) is 38.6. The minimum Gasteiger partial charge on any atom is -0.458 e. The van der Waals surface area contributed by atoms with Gasteiger partial charge in [0.2, 0.25) is 0 Å². The van der Waals surface area contributed by atoms with Gasteiger partial charge in [-0.2, -0.15) is 0 Å². The Kier molecular flexibility index (Phi) is 15.7. The number of carbonyl (C=O) groups is 3. The predicted octanol–water partition coefficient (Wildman–Crippen LogP) is 6.33. The molecule has 2 aromatic rings. The zero-order chi connectivity index (χ0) is 44.3. The number of fused-ring (bicyclic) bond motifs is 1. The van der Waals surface area contributed by atoms with E-state index in [1.54, 1.807) is 30.5 Å². The topological polar surface area (TPSA) is 179 Å². The van der Waals surface area contributed by atoms with Crippen molar-refractivity contribution in [1.29, 1.82) is 5.16 Å². The van der Waals surface area contributed by atoms with Crippen LogP contribution in [0.4, 0.5) is 4.79 Å². The van der Waals surface area contributed by atoms with Crippen LogP contribution in [0, 0.1) is 34.8 Å². The molecule has 334 valence electrons. The Morgan fingerprint density at radius 3 is 2.38 bits per heavy atom. The number of nitrogens with one attached hydrogen (secondary N) is 1. The molecule has 1 aromatic carbocycles. The second kappa shape index (κ2) is 19.8. The van der Waals surface area contributed by atoms with Crippen molar-refractivity contribution >= 4 is 31.5 Å². The fourth-order valence-corrected chi connectivity index (χ4v) is 10.4. The van der Waals surface area contributed by atoms with Gasteiger partial charge in [0.25, 0.3) is 0 Å². The maximum atomic E-state index is 14.8. The Bertz CT molecular complexity index is 1810. The van der Waals surface area contributed by atoms with E-state index in [1.165, 1.54) is 0 Å². The normalized spacial score (nSPS) is 37.2. The molecule has 5 rings (SSSR count). The maximum Gasteiger partial charge on any atom is 0.410 e. The average Bonchev–Trinajstić information content (AvgIpc) is 3.80. The van der Waals surface area contributed by atoms with Crippen LogP contribution < -0.4 is 5.30 Å². The van der Waals surface area contributed by atoms with Gasteiger partial charge in [0.05, 0.1) is 42.1 Å². The number of cyclic esters (lactones) is 1. The number of aliphatic hydroxyl groups excluding tert-OH is 1. The van der Waals surface area contributed by atoms with Crippen molar-refractivity contribution in [3.05, 3.63) is 30.5 Å². The van der Waals surface area contributed by atoms with Crippen molar-refractivity contribution in [2.24, 2.45) is 29.6 Å². The van der Waals surface area contributed by atoms with Gasteiger partial charge in [-0.05, 0) is 86.0 Å². The molecule has 3 aliphatic rings. The number of nitrogens with zero attached hydrogens (tertiary/aromatic N) is 5. The molecule has 4 heterocycles. The minimum atomic E-state index is -1.37. The molecule has 0 aliphatic carbocycles. The van der Waals surface area contributed by atoms with Crippen molar-refractivity contribution in [1.82, 2.24) is 24.8 Å². The summed E-state index contributed by atoms with van der Waals surface area (Å²) in [6.45, 7) is 17.6. The summed E-state index contributed by atoms with van der Waals surface area (Å²) in [6.07, 6.45) is 0.269. The van der Waals surface area contributed by atoms with Gasteiger partial charge in [0.1, 0.15) is 17.6 Å². The number of aryl methyl sites for hydroxylation is 1. The molecule has 0 bridgehead atoms. The first kappa shape index (κ1) is 47.7. The van der Waals surface area contributed by atoms with Gasteiger partial charge in [0.15, 0.2) is 11.9 Å². The van der Waals surface area contributed by atoms with Gasteiger partial charge in [-0.3, -0.25) is 19.4 Å². The van der Waals surface area contributed by atoms with Crippen molar-refractivity contribution in [2.45, 2.75) is 155 Å². The van der Waals surface area contributed by atoms with Crippen LogP contribution in [0.1, 0.15) is 94.4 Å². The summed E-state index contributed by atoms with van der Waals surface area (Å²) in [5.74, 6) is -3.68. The molecule has 0 saturated carbocycles. The summed E-state index contributed by atoms with van der Waals surface area (Å²) < 4.78 is 33.8. The van der Waals surface area contributed by atoms with E-state index in [4.69, 9.17) is 28.8 Å². The zero-order valence-electron chi connectivity index (χ0n) is 37.7. The summed E-state index contributed by atoms with van der Waals surface area (Å²) >= 11 is 0. The first-order valence-corrected chi connectivity index (χ1v) is 22.5. The number of carbonyl (C=O) groups excluding carboxylic acids is 3. The lowest BCUT2D eigenvalue weighted by Gasteiger charge is -2.48. The van der Waals surface area contributed by atoms with Crippen molar-refractivity contribution in [3.8, 4) is 11.3 Å². The maximum absolute atomic E-state index is 14.8. The second-order valence-electron chi connectivity index (χ2n) is 18.2. The summed E-state index contributed by atoms with van der Waals surface area (Å²) in [5.41, 5.74) is -0.875. The summed E-state index contributed by atoms with van der Waals surface area (Å²) in [5, 5.41) is 29.2. The molecule has 0 unspecified atom stereocenters. The Morgan fingerprint density at radius 2 is 1.73 bits per heavy atom. The molecule has 16 heteroatoms. The number of aromatic nitrogens is 3. The highest BCUT2D eigenvalue weighted by molar-refractivity contribution is 7.35. The number of methoxy groups -OCH3 is 1. The molecule has 1 aromatic heterocycles. The van der Waals surface area contributed by atoms with E-state index in [0.29, 0.717) is 46.4 Å². The number of ether oxygens (including phenoxy) is 5. The van der Waals surface area contributed by atoms with Crippen LogP contribution in [0.15, 0.2) is 30.5 Å². The summed E-state index contributed by atoms with van der Waals surface area (Å²) in [7, 11) is 6.10. The van der Waals surface area contributed by atoms with Gasteiger partial charge in [-0.1, -0.05) is 52.0 Å². The number of hydrogen-bond acceptors (Lipinski definition) is 13. The number of hydrogen-bond donors (Lipinski definition) is 2. The third kappa shape index (κ3) is 9.97. The molecule has 0 spiro atoms. The van der Waals surface area contributed by atoms with Gasteiger partial charge < -0.3 is 38.6 Å². The van der Waals surface area contributed by atoms with Crippen LogP contribution in [0.25, 0.3) is 11.3 Å². The highest BCUT2D eigenvalue weighted by Crippen LogP contribution is 2.44. The van der Waals surface area contributed by atoms with E-state index in [0.717, 1.165) is 17.3 Å². The fourth-order valence-electron chi connectivity index (χ4n) is 10.0. The Labute approximate surface area is 357 Å². The number of Topliss-reactive ketones (excluding diaryl/α,β-unsaturated/α-hetero) is 1. The lowest BCUT2D eigenvalue weighted by molar-refractivity contribution is -0.287. The standard InChI is InChI=1S/C44H69N6O9P/c1-13-35-44(9)38(50(42(54)59-44)20-15-14-19-49-24-33(46-47-49)31-17-16-18-32(22-31)60-45)28(5)36(51)25(2)23-43(8,55-12)39(29(6)37(52)30(7)40(53)57-35)58-41-27(4)34(48(10)11)21-26(3)56-41/h16-18,22,24-30,34-35,37-39,41,45,52H,13-15,19-21,23H2,1-12H3/t25-,26-,27+,28+,29+,30-,34+,35-,37+,38+,39-,41+,43+,44-/m1/s1. The number of benzene rings is 1. The Morgan fingerprint density at radius 1 is 1.03 bits per heavy atom. The van der Waals surface area contributed by atoms with E-state index < -0.39 is 77.6 Å². The molecule has 2 N–H and O–H groups in total. The second-order valence-corrected chi connectivity index (χ2v) is 18.9. The first-order valence-electron chi connectivity index (χ1n) is 21.6. The predicted molar refractivity (Wildman–Crippen MR) is 228 cm³/mol. The van der Waals surface area contributed by atoms with E-state index in [9.17, 15) is 19.5 Å². The largest absolute Gasteiger partial charge is 0.458 e. The highest BCUT2D eigenvalue weighted by Gasteiger charge is 2.60. The van der Waals surface area contributed by atoms with Gasteiger partial charge in [0, 0.05) is 69.2 Å². The Hall–Kier alpha value is -3.33. The third-order valence-corrected chi connectivity index (χ3v) is 14.1.